The van der Waals surface area contributed by atoms with Crippen LogP contribution in [0.25, 0.3) is 21.9 Å². The summed E-state index contributed by atoms with van der Waals surface area (Å²) in [5.74, 6) is 0.727. The second kappa shape index (κ2) is 6.81. The van der Waals surface area contributed by atoms with Crippen molar-refractivity contribution in [3.05, 3.63) is 79.5 Å². The van der Waals surface area contributed by atoms with E-state index in [1.165, 1.54) is 0 Å². The van der Waals surface area contributed by atoms with Gasteiger partial charge < -0.3 is 18.3 Å². The van der Waals surface area contributed by atoms with Crippen molar-refractivity contribution in [1.82, 2.24) is 0 Å². The van der Waals surface area contributed by atoms with Gasteiger partial charge in [0.2, 0.25) is 0 Å². The molecule has 184 valence electrons. The molecule has 0 saturated heterocycles. The van der Waals surface area contributed by atoms with Gasteiger partial charge >= 0.3 is 11.3 Å². The minimum absolute atomic E-state index is 0.130. The maximum atomic E-state index is 13.4. The Bertz CT molecular complexity index is 1620. The zero-order chi connectivity index (χ0) is 25.1. The van der Waals surface area contributed by atoms with Crippen LogP contribution < -0.4 is 20.7 Å². The molecule has 0 amide bonds. The number of aryl methyl sites for hydroxylation is 2. The highest BCUT2D eigenvalue weighted by Gasteiger charge is 2.59. The molecule has 7 rings (SSSR count). The van der Waals surface area contributed by atoms with Gasteiger partial charge in [0.1, 0.15) is 33.9 Å². The third-order valence-electron chi connectivity index (χ3n) is 8.69. The molecule has 6 heteroatoms. The standard InChI is InChI=1S/C30H28O6/c1-14-8-6-10-18-20(14)25-22(27(31)33-18)16-12-30(5)13-17(24(16)29(3,4)35-25)23-26(36-30)21-15(2)9-7-11-19(21)34-28(23)32/h6-11,16-17,24H,12-13H2,1-5H3/t16-,17+,24-,30-/m0/s1. The Morgan fingerprint density at radius 3 is 1.69 bits per heavy atom. The zero-order valence-corrected chi connectivity index (χ0v) is 21.1. The van der Waals surface area contributed by atoms with Crippen LogP contribution in [0.1, 0.15) is 67.7 Å². The van der Waals surface area contributed by atoms with E-state index in [1.807, 2.05) is 44.2 Å². The Hall–Kier alpha value is -3.54. The predicted molar refractivity (Wildman–Crippen MR) is 136 cm³/mol. The quantitative estimate of drug-likeness (QED) is 0.280. The SMILES string of the molecule is Cc1cccc2oc(=O)c3c(c12)O[C@]1(C)C[C@H]3[C@@H]2[C@@H](C1)c1c(c3c(C)cccc3oc1=O)OC2(C)C. The Morgan fingerprint density at radius 2 is 1.19 bits per heavy atom. The monoisotopic (exact) mass is 484 g/mol. The van der Waals surface area contributed by atoms with Crippen molar-refractivity contribution in [1.29, 1.82) is 0 Å². The third-order valence-corrected chi connectivity index (χ3v) is 8.69. The molecule has 36 heavy (non-hydrogen) atoms. The molecule has 0 radical (unpaired) electrons. The highest BCUT2D eigenvalue weighted by molar-refractivity contribution is 5.89. The number of benzene rings is 2. The summed E-state index contributed by atoms with van der Waals surface area (Å²) in [5, 5.41) is 1.68. The summed E-state index contributed by atoms with van der Waals surface area (Å²) in [5.41, 5.74) is 2.22. The second-order valence-corrected chi connectivity index (χ2v) is 11.6. The van der Waals surface area contributed by atoms with E-state index >= 15 is 0 Å². The molecule has 0 unspecified atom stereocenters. The molecule has 0 N–H and O–H groups in total. The lowest BCUT2D eigenvalue weighted by Crippen LogP contribution is -2.58. The predicted octanol–water partition coefficient (Wildman–Crippen LogP) is 6.12. The maximum absolute atomic E-state index is 13.4. The number of rotatable bonds is 0. The van der Waals surface area contributed by atoms with Gasteiger partial charge in [0.15, 0.2) is 0 Å². The molecular formula is C30H28O6. The third kappa shape index (κ3) is 2.73. The van der Waals surface area contributed by atoms with Gasteiger partial charge in [-0.05, 0) is 70.7 Å². The van der Waals surface area contributed by atoms with E-state index in [0.717, 1.165) is 21.9 Å². The lowest BCUT2D eigenvalue weighted by atomic mass is 9.56. The fourth-order valence-electron chi connectivity index (χ4n) is 7.39. The zero-order valence-electron chi connectivity index (χ0n) is 21.1. The summed E-state index contributed by atoms with van der Waals surface area (Å²) in [7, 11) is 0. The summed E-state index contributed by atoms with van der Waals surface area (Å²) in [4.78, 5) is 26.9. The number of ether oxygens (including phenoxy) is 2. The molecule has 6 nitrogen and oxygen atoms in total. The summed E-state index contributed by atoms with van der Waals surface area (Å²) in [6.45, 7) is 10.2. The minimum Gasteiger partial charge on any atom is -0.486 e. The Kier molecular flexibility index (Phi) is 4.11. The average Bonchev–Trinajstić information content (AvgIpc) is 2.77. The molecule has 1 saturated carbocycles. The molecule has 4 atom stereocenters. The molecular weight excluding hydrogens is 456 g/mol. The van der Waals surface area contributed by atoms with Crippen molar-refractivity contribution in [2.75, 3.05) is 0 Å². The van der Waals surface area contributed by atoms with Crippen molar-refractivity contribution in [2.45, 2.75) is 70.5 Å². The molecule has 2 bridgehead atoms. The van der Waals surface area contributed by atoms with Crippen LogP contribution in [0.15, 0.2) is 54.8 Å². The highest BCUT2D eigenvalue weighted by atomic mass is 16.5. The molecule has 2 aromatic heterocycles. The molecule has 2 aliphatic heterocycles. The molecule has 3 aliphatic rings. The van der Waals surface area contributed by atoms with Crippen LogP contribution in [-0.4, -0.2) is 11.2 Å². The fraction of sp³-hybridized carbons (Fsp3) is 0.400. The molecule has 4 heterocycles. The second-order valence-electron chi connectivity index (χ2n) is 11.6. The van der Waals surface area contributed by atoms with Crippen LogP contribution >= 0.6 is 0 Å². The van der Waals surface area contributed by atoms with Crippen LogP contribution in [0.5, 0.6) is 11.5 Å². The smallest absolute Gasteiger partial charge is 0.343 e. The molecule has 4 aromatic rings. The summed E-state index contributed by atoms with van der Waals surface area (Å²) in [6.07, 6.45) is 1.28. The first-order valence-corrected chi connectivity index (χ1v) is 12.6. The van der Waals surface area contributed by atoms with Crippen molar-refractivity contribution in [3.63, 3.8) is 0 Å². The van der Waals surface area contributed by atoms with E-state index in [-0.39, 0.29) is 29.0 Å². The Morgan fingerprint density at radius 1 is 0.722 bits per heavy atom. The van der Waals surface area contributed by atoms with Crippen molar-refractivity contribution < 1.29 is 18.3 Å². The molecule has 1 aliphatic carbocycles. The van der Waals surface area contributed by atoms with E-state index in [9.17, 15) is 9.59 Å². The molecule has 2 aromatic carbocycles. The first kappa shape index (κ1) is 21.7. The van der Waals surface area contributed by atoms with E-state index in [4.69, 9.17) is 18.3 Å². The van der Waals surface area contributed by atoms with Gasteiger partial charge in [-0.25, -0.2) is 9.59 Å². The van der Waals surface area contributed by atoms with Crippen molar-refractivity contribution >= 4 is 21.9 Å². The van der Waals surface area contributed by atoms with E-state index < -0.39 is 11.2 Å². The lowest BCUT2D eigenvalue weighted by Gasteiger charge is -2.56. The molecule has 0 spiro atoms. The van der Waals surface area contributed by atoms with Gasteiger partial charge in [-0.3, -0.25) is 0 Å². The van der Waals surface area contributed by atoms with Crippen LogP contribution in [-0.2, 0) is 0 Å². The molecule has 1 fully saturated rings. The van der Waals surface area contributed by atoms with E-state index in [1.54, 1.807) is 6.07 Å². The summed E-state index contributed by atoms with van der Waals surface area (Å²) in [6, 6.07) is 11.4. The number of hydrogen-bond donors (Lipinski definition) is 0. The number of fused-ring (bicyclic) bond motifs is 12. The van der Waals surface area contributed by atoms with Crippen LogP contribution in [0.4, 0.5) is 0 Å². The van der Waals surface area contributed by atoms with E-state index in [2.05, 4.69) is 20.8 Å². The number of hydrogen-bond acceptors (Lipinski definition) is 6. The van der Waals surface area contributed by atoms with Crippen molar-refractivity contribution in [3.8, 4) is 11.5 Å². The van der Waals surface area contributed by atoms with Gasteiger partial charge in [0.05, 0.1) is 21.9 Å². The lowest BCUT2D eigenvalue weighted by molar-refractivity contribution is -0.0807. The Labute approximate surface area is 207 Å². The van der Waals surface area contributed by atoms with Crippen LogP contribution in [0, 0.1) is 19.8 Å². The summed E-state index contributed by atoms with van der Waals surface area (Å²) >= 11 is 0. The fourth-order valence-corrected chi connectivity index (χ4v) is 7.39. The van der Waals surface area contributed by atoms with Crippen LogP contribution in [0.2, 0.25) is 0 Å². The topological polar surface area (TPSA) is 78.9 Å². The first-order valence-electron chi connectivity index (χ1n) is 12.6. The van der Waals surface area contributed by atoms with Crippen LogP contribution in [0.3, 0.4) is 0 Å². The minimum atomic E-state index is -0.644. The van der Waals surface area contributed by atoms with E-state index in [0.29, 0.717) is 46.6 Å². The summed E-state index contributed by atoms with van der Waals surface area (Å²) < 4.78 is 25.1. The normalized spacial score (nSPS) is 27.5. The van der Waals surface area contributed by atoms with Gasteiger partial charge in [0.25, 0.3) is 0 Å². The highest BCUT2D eigenvalue weighted by Crippen LogP contribution is 2.62. The van der Waals surface area contributed by atoms with Gasteiger partial charge in [0, 0.05) is 17.8 Å². The first-order chi connectivity index (χ1) is 17.1. The van der Waals surface area contributed by atoms with Gasteiger partial charge in [-0.2, -0.15) is 0 Å². The van der Waals surface area contributed by atoms with Crippen molar-refractivity contribution in [2.24, 2.45) is 5.92 Å². The maximum Gasteiger partial charge on any atom is 0.343 e. The largest absolute Gasteiger partial charge is 0.486 e. The average molecular weight is 485 g/mol. The van der Waals surface area contributed by atoms with Gasteiger partial charge in [-0.1, -0.05) is 24.3 Å². The van der Waals surface area contributed by atoms with Gasteiger partial charge in [-0.15, -0.1) is 0 Å². The Balaban J connectivity index is 1.53.